The predicted octanol–water partition coefficient (Wildman–Crippen LogP) is 3.03. The van der Waals surface area contributed by atoms with E-state index in [2.05, 4.69) is 4.90 Å². The summed E-state index contributed by atoms with van der Waals surface area (Å²) in [7, 11) is 3.75. The van der Waals surface area contributed by atoms with Gasteiger partial charge in [-0.05, 0) is 50.8 Å². The van der Waals surface area contributed by atoms with Crippen LogP contribution in [0.5, 0.6) is 0 Å². The number of benzene rings is 1. The Hall–Kier alpha value is -2.04. The zero-order chi connectivity index (χ0) is 17.7. The minimum atomic E-state index is -0.164. The Bertz CT molecular complexity index is 707. The summed E-state index contributed by atoms with van der Waals surface area (Å²) >= 11 is 0. The molecule has 0 N–H and O–H groups in total. The highest BCUT2D eigenvalue weighted by molar-refractivity contribution is 6.06. The first-order valence-electron chi connectivity index (χ1n) is 9.46. The number of carbonyl (C=O) groups is 2. The van der Waals surface area contributed by atoms with Crippen molar-refractivity contribution >= 4 is 23.2 Å². The van der Waals surface area contributed by atoms with Gasteiger partial charge in [0.1, 0.15) is 6.04 Å². The lowest BCUT2D eigenvalue weighted by Crippen LogP contribution is -2.51. The number of anilines is 2. The van der Waals surface area contributed by atoms with Crippen molar-refractivity contribution in [3.63, 3.8) is 0 Å². The molecule has 3 aliphatic rings. The molecule has 2 aliphatic carbocycles. The Morgan fingerprint density at radius 3 is 2.44 bits per heavy atom. The largest absolute Gasteiger partial charge is 0.355 e. The molecule has 0 saturated heterocycles. The summed E-state index contributed by atoms with van der Waals surface area (Å²) in [5, 5.41) is 0. The van der Waals surface area contributed by atoms with Gasteiger partial charge in [-0.25, -0.2) is 0 Å². The quantitative estimate of drug-likeness (QED) is 0.849. The van der Waals surface area contributed by atoms with Crippen LogP contribution in [0, 0.1) is 0 Å². The third kappa shape index (κ3) is 2.70. The molecule has 1 aromatic carbocycles. The molecule has 5 nitrogen and oxygen atoms in total. The average molecular weight is 341 g/mol. The summed E-state index contributed by atoms with van der Waals surface area (Å²) in [5.74, 6) is 0.221. The Balaban J connectivity index is 1.68. The molecule has 1 unspecified atom stereocenters. The molecule has 0 bridgehead atoms. The van der Waals surface area contributed by atoms with Crippen molar-refractivity contribution in [1.82, 2.24) is 4.90 Å². The van der Waals surface area contributed by atoms with Crippen LogP contribution < -0.4 is 9.80 Å². The maximum Gasteiger partial charge on any atom is 0.253 e. The number of hydrogen-bond acceptors (Lipinski definition) is 3. The van der Waals surface area contributed by atoms with E-state index in [1.807, 2.05) is 44.1 Å². The van der Waals surface area contributed by atoms with Gasteiger partial charge in [-0.2, -0.15) is 0 Å². The topological polar surface area (TPSA) is 43.9 Å². The zero-order valence-electron chi connectivity index (χ0n) is 15.4. The number of fused-ring (bicyclic) bond motifs is 1. The van der Waals surface area contributed by atoms with Gasteiger partial charge < -0.3 is 14.7 Å². The smallest absolute Gasteiger partial charge is 0.253 e. The van der Waals surface area contributed by atoms with Crippen LogP contribution in [-0.4, -0.2) is 48.9 Å². The van der Waals surface area contributed by atoms with E-state index in [-0.39, 0.29) is 17.9 Å². The number of amides is 2. The number of carbonyl (C=O) groups excluding carboxylic acids is 2. The van der Waals surface area contributed by atoms with Crippen molar-refractivity contribution in [2.45, 2.75) is 63.6 Å². The summed E-state index contributed by atoms with van der Waals surface area (Å²) in [6.45, 7) is 1.97. The minimum Gasteiger partial charge on any atom is -0.355 e. The first-order valence-corrected chi connectivity index (χ1v) is 9.46. The van der Waals surface area contributed by atoms with E-state index >= 15 is 0 Å². The van der Waals surface area contributed by atoms with Crippen molar-refractivity contribution in [2.75, 3.05) is 23.9 Å². The van der Waals surface area contributed by atoms with Crippen LogP contribution in [0.25, 0.3) is 0 Å². The van der Waals surface area contributed by atoms with Gasteiger partial charge in [0, 0.05) is 31.7 Å². The summed E-state index contributed by atoms with van der Waals surface area (Å²) in [4.78, 5) is 31.4. The minimum absolute atomic E-state index is 0.0950. The van der Waals surface area contributed by atoms with E-state index in [4.69, 9.17) is 0 Å². The molecule has 0 radical (unpaired) electrons. The molecule has 0 spiro atoms. The summed E-state index contributed by atoms with van der Waals surface area (Å²) < 4.78 is 0. The van der Waals surface area contributed by atoms with Crippen molar-refractivity contribution in [3.8, 4) is 0 Å². The molecule has 5 heteroatoms. The normalized spacial score (nSPS) is 23.8. The fourth-order valence-electron chi connectivity index (χ4n) is 4.40. The molecule has 2 amide bonds. The monoisotopic (exact) mass is 341 g/mol. The molecule has 2 saturated carbocycles. The SMILES string of the molecule is CC1C(=O)N(C)c2ccc(C(=O)N(C)C3CCCC3)cc2N1C1CC1. The second-order valence-electron chi connectivity index (χ2n) is 7.77. The second kappa shape index (κ2) is 6.04. The van der Waals surface area contributed by atoms with Crippen molar-refractivity contribution < 1.29 is 9.59 Å². The third-order valence-electron chi connectivity index (χ3n) is 6.10. The van der Waals surface area contributed by atoms with Gasteiger partial charge in [-0.15, -0.1) is 0 Å². The Labute approximate surface area is 149 Å². The maximum atomic E-state index is 13.0. The summed E-state index contributed by atoms with van der Waals surface area (Å²) in [5.41, 5.74) is 2.67. The first-order chi connectivity index (χ1) is 12.0. The van der Waals surface area contributed by atoms with Gasteiger partial charge in [0.15, 0.2) is 0 Å². The van der Waals surface area contributed by atoms with Gasteiger partial charge in [0.2, 0.25) is 5.91 Å². The predicted molar refractivity (Wildman–Crippen MR) is 99.2 cm³/mol. The van der Waals surface area contributed by atoms with Crippen LogP contribution >= 0.6 is 0 Å². The van der Waals surface area contributed by atoms with Crippen LogP contribution in [-0.2, 0) is 4.79 Å². The second-order valence-corrected chi connectivity index (χ2v) is 7.77. The van der Waals surface area contributed by atoms with E-state index < -0.39 is 0 Å². The van der Waals surface area contributed by atoms with Crippen LogP contribution in [0.15, 0.2) is 18.2 Å². The molecule has 1 aliphatic heterocycles. The van der Waals surface area contributed by atoms with Crippen molar-refractivity contribution in [2.24, 2.45) is 0 Å². The van der Waals surface area contributed by atoms with E-state index in [0.29, 0.717) is 12.1 Å². The van der Waals surface area contributed by atoms with Gasteiger partial charge in [0.25, 0.3) is 5.91 Å². The standard InChI is InChI=1S/C20H27N3O2/c1-13-19(24)22(3)17-11-8-14(12-18(17)23(13)16-9-10-16)20(25)21(2)15-6-4-5-7-15/h8,11-13,15-16H,4-7,9-10H2,1-3H3. The fraction of sp³-hybridized carbons (Fsp3) is 0.600. The molecular weight excluding hydrogens is 314 g/mol. The summed E-state index contributed by atoms with van der Waals surface area (Å²) in [6.07, 6.45) is 6.89. The Kier molecular flexibility index (Phi) is 3.97. The van der Waals surface area contributed by atoms with Crippen molar-refractivity contribution in [3.05, 3.63) is 23.8 Å². The van der Waals surface area contributed by atoms with E-state index in [1.165, 1.54) is 12.8 Å². The lowest BCUT2D eigenvalue weighted by molar-refractivity contribution is -0.119. The molecule has 25 heavy (non-hydrogen) atoms. The molecular formula is C20H27N3O2. The van der Waals surface area contributed by atoms with E-state index in [0.717, 1.165) is 42.6 Å². The molecule has 4 rings (SSSR count). The number of hydrogen-bond donors (Lipinski definition) is 0. The summed E-state index contributed by atoms with van der Waals surface area (Å²) in [6, 6.07) is 6.45. The highest BCUT2D eigenvalue weighted by Gasteiger charge is 2.41. The number of likely N-dealkylation sites (N-methyl/N-ethyl adjacent to an activating group) is 1. The van der Waals surface area contributed by atoms with Gasteiger partial charge >= 0.3 is 0 Å². The number of nitrogens with zero attached hydrogens (tertiary/aromatic N) is 3. The third-order valence-corrected chi connectivity index (χ3v) is 6.10. The highest BCUT2D eigenvalue weighted by Crippen LogP contribution is 2.42. The van der Waals surface area contributed by atoms with Gasteiger partial charge in [-0.1, -0.05) is 12.8 Å². The first kappa shape index (κ1) is 16.4. The number of rotatable bonds is 3. The molecule has 1 aromatic rings. The highest BCUT2D eigenvalue weighted by atomic mass is 16.2. The lowest BCUT2D eigenvalue weighted by Gasteiger charge is -2.41. The molecule has 1 heterocycles. The molecule has 0 aromatic heterocycles. The maximum absolute atomic E-state index is 13.0. The molecule has 134 valence electrons. The van der Waals surface area contributed by atoms with Gasteiger partial charge in [0.05, 0.1) is 11.4 Å². The van der Waals surface area contributed by atoms with Crippen molar-refractivity contribution in [1.29, 1.82) is 0 Å². The fourth-order valence-corrected chi connectivity index (χ4v) is 4.40. The van der Waals surface area contributed by atoms with Crippen LogP contribution in [0.4, 0.5) is 11.4 Å². The van der Waals surface area contributed by atoms with E-state index in [1.54, 1.807) is 4.90 Å². The lowest BCUT2D eigenvalue weighted by atomic mass is 10.0. The van der Waals surface area contributed by atoms with Crippen LogP contribution in [0.3, 0.4) is 0 Å². The average Bonchev–Trinajstić information content (AvgIpc) is 3.30. The molecule has 2 fully saturated rings. The van der Waals surface area contributed by atoms with Crippen LogP contribution in [0.2, 0.25) is 0 Å². The van der Waals surface area contributed by atoms with E-state index in [9.17, 15) is 9.59 Å². The Morgan fingerprint density at radius 2 is 1.80 bits per heavy atom. The Morgan fingerprint density at radius 1 is 1.12 bits per heavy atom. The van der Waals surface area contributed by atoms with Gasteiger partial charge in [-0.3, -0.25) is 9.59 Å². The molecule has 1 atom stereocenters. The zero-order valence-corrected chi connectivity index (χ0v) is 15.4. The van der Waals surface area contributed by atoms with Crippen LogP contribution in [0.1, 0.15) is 55.8 Å².